The van der Waals surface area contributed by atoms with Crippen LogP contribution in [-0.4, -0.2) is 22.8 Å². The third-order valence-corrected chi connectivity index (χ3v) is 1.46. The quantitative estimate of drug-likeness (QED) is 0.295. The number of guanidine groups is 1. The fourth-order valence-corrected chi connectivity index (χ4v) is 0.877. The van der Waals surface area contributed by atoms with Gasteiger partial charge in [-0.1, -0.05) is 0 Å². The van der Waals surface area contributed by atoms with Gasteiger partial charge in [-0.25, -0.2) is 15.5 Å². The van der Waals surface area contributed by atoms with E-state index in [2.05, 4.69) is 4.98 Å². The number of hydrogen-bond donors (Lipinski definition) is 4. The molecule has 6 N–H and O–H groups in total. The number of primary amides is 1. The first kappa shape index (κ1) is 9.93. The van der Waals surface area contributed by atoms with Crippen molar-refractivity contribution in [1.82, 2.24) is 4.98 Å². The minimum Gasteiger partial charge on any atom is -0.543 e. The zero-order chi connectivity index (χ0) is 10.7. The molecule has 1 rings (SSSR count). The molecule has 0 atom stereocenters. The van der Waals surface area contributed by atoms with Gasteiger partial charge in [0.2, 0.25) is 0 Å². The van der Waals surface area contributed by atoms with E-state index in [0.717, 1.165) is 5.32 Å². The fourth-order valence-electron chi connectivity index (χ4n) is 0.877. The number of aromatic nitrogens is 1. The van der Waals surface area contributed by atoms with Crippen molar-refractivity contribution < 1.29 is 20.0 Å². The van der Waals surface area contributed by atoms with Gasteiger partial charge < -0.3 is 20.6 Å². The molecule has 0 aliphatic carbocycles. The number of nitrogens with two attached hydrogens (primary N) is 2. The molecule has 1 aromatic rings. The Morgan fingerprint density at radius 1 is 1.43 bits per heavy atom. The predicted molar refractivity (Wildman–Crippen MR) is 43.3 cm³/mol. The Bertz CT molecular complexity index is 395. The lowest BCUT2D eigenvalue weighted by molar-refractivity contribution is -0.433. The van der Waals surface area contributed by atoms with E-state index in [-0.39, 0.29) is 17.3 Å². The molecule has 0 aromatic carbocycles. The van der Waals surface area contributed by atoms with Crippen LogP contribution in [0.5, 0.6) is 0 Å². The molecular weight excluding hydrogens is 188 g/mol. The van der Waals surface area contributed by atoms with Crippen molar-refractivity contribution in [3.8, 4) is 0 Å². The van der Waals surface area contributed by atoms with E-state index in [1.807, 2.05) is 0 Å². The van der Waals surface area contributed by atoms with E-state index in [1.54, 1.807) is 0 Å². The van der Waals surface area contributed by atoms with E-state index in [0.29, 0.717) is 0 Å². The Labute approximate surface area is 78.4 Å². The van der Waals surface area contributed by atoms with Gasteiger partial charge in [-0.05, 0) is 12.1 Å². The number of carbonyl (C=O) groups excluding carboxylic acids is 2. The number of carboxylic acids is 1. The molecule has 0 unspecified atom stereocenters. The second-order valence-corrected chi connectivity index (χ2v) is 2.54. The number of carboxylic acid groups (broad SMARTS) is 1. The van der Waals surface area contributed by atoms with Crippen molar-refractivity contribution >= 4 is 17.8 Å². The number of rotatable bonds is 2. The topological polar surface area (TPSA) is 139 Å². The summed E-state index contributed by atoms with van der Waals surface area (Å²) in [6, 6.07) is 2.49. The number of hydrogen-bond acceptors (Lipinski definition) is 4. The molecule has 0 saturated carbocycles. The molecule has 7 heteroatoms. The monoisotopic (exact) mass is 196 g/mol. The summed E-state index contributed by atoms with van der Waals surface area (Å²) in [5, 5.41) is 18.0. The van der Waals surface area contributed by atoms with Crippen LogP contribution in [0.15, 0.2) is 12.1 Å². The first-order valence-electron chi connectivity index (χ1n) is 3.64. The SMILES string of the molecule is N=C(N)[NH2+]C(=O)c1ccc(C(=O)[O-])[nH]1. The summed E-state index contributed by atoms with van der Waals surface area (Å²) >= 11 is 0. The van der Waals surface area contributed by atoms with Crippen LogP contribution in [0, 0.1) is 5.41 Å². The lowest BCUT2D eigenvalue weighted by Gasteiger charge is -1.96. The van der Waals surface area contributed by atoms with Crippen molar-refractivity contribution in [3.63, 3.8) is 0 Å². The van der Waals surface area contributed by atoms with Crippen LogP contribution in [0.25, 0.3) is 0 Å². The highest BCUT2D eigenvalue weighted by Gasteiger charge is 2.13. The maximum Gasteiger partial charge on any atom is 0.366 e. The Kier molecular flexibility index (Phi) is 2.63. The number of nitrogens with one attached hydrogen (secondary N) is 2. The Morgan fingerprint density at radius 2 is 2.00 bits per heavy atom. The lowest BCUT2D eigenvalue weighted by Crippen LogP contribution is -2.93. The smallest absolute Gasteiger partial charge is 0.366 e. The molecule has 1 amide bonds. The molecule has 7 nitrogen and oxygen atoms in total. The largest absolute Gasteiger partial charge is 0.543 e. The normalized spacial score (nSPS) is 9.71. The van der Waals surface area contributed by atoms with E-state index in [4.69, 9.17) is 11.1 Å². The third kappa shape index (κ3) is 2.17. The minimum absolute atomic E-state index is 0.0550. The fraction of sp³-hybridized carbons (Fsp3) is 0. The van der Waals surface area contributed by atoms with Crippen LogP contribution < -0.4 is 16.2 Å². The number of quaternary nitrogens is 1. The first-order chi connectivity index (χ1) is 6.50. The molecule has 1 heterocycles. The van der Waals surface area contributed by atoms with E-state index in [9.17, 15) is 14.7 Å². The number of H-pyrrole nitrogens is 1. The van der Waals surface area contributed by atoms with Gasteiger partial charge in [-0.15, -0.1) is 0 Å². The van der Waals surface area contributed by atoms with E-state index >= 15 is 0 Å². The first-order valence-corrected chi connectivity index (χ1v) is 3.64. The van der Waals surface area contributed by atoms with Gasteiger partial charge >= 0.3 is 5.91 Å². The maximum absolute atomic E-state index is 11.2. The van der Waals surface area contributed by atoms with Crippen molar-refractivity contribution in [2.24, 2.45) is 5.73 Å². The Morgan fingerprint density at radius 3 is 2.43 bits per heavy atom. The maximum atomic E-state index is 11.2. The molecule has 74 valence electrons. The molecule has 0 fully saturated rings. The van der Waals surface area contributed by atoms with Crippen molar-refractivity contribution in [2.45, 2.75) is 0 Å². The highest BCUT2D eigenvalue weighted by molar-refractivity contribution is 5.92. The zero-order valence-corrected chi connectivity index (χ0v) is 7.03. The van der Waals surface area contributed by atoms with Crippen molar-refractivity contribution in [1.29, 1.82) is 5.41 Å². The highest BCUT2D eigenvalue weighted by Crippen LogP contribution is 1.98. The van der Waals surface area contributed by atoms with E-state index < -0.39 is 11.9 Å². The number of aromatic amines is 1. The van der Waals surface area contributed by atoms with Crippen LogP contribution in [0.3, 0.4) is 0 Å². The average Bonchev–Trinajstić information content (AvgIpc) is 2.50. The third-order valence-electron chi connectivity index (χ3n) is 1.46. The molecular formula is C7H8N4O3. The summed E-state index contributed by atoms with van der Waals surface area (Å²) in [5.74, 6) is -2.34. The van der Waals surface area contributed by atoms with Crippen LogP contribution in [-0.2, 0) is 0 Å². The molecule has 1 aromatic heterocycles. The van der Waals surface area contributed by atoms with Crippen LogP contribution in [0.2, 0.25) is 0 Å². The summed E-state index contributed by atoms with van der Waals surface area (Å²) in [6.45, 7) is 0. The minimum atomic E-state index is -1.40. The molecule has 0 saturated heterocycles. The summed E-state index contributed by atoms with van der Waals surface area (Å²) < 4.78 is 0. The van der Waals surface area contributed by atoms with Crippen LogP contribution in [0.4, 0.5) is 0 Å². The highest BCUT2D eigenvalue weighted by atomic mass is 16.4. The molecule has 0 radical (unpaired) electrons. The molecule has 0 bridgehead atoms. The van der Waals surface area contributed by atoms with E-state index in [1.165, 1.54) is 12.1 Å². The Hall–Kier alpha value is -2.15. The number of amides is 1. The average molecular weight is 196 g/mol. The van der Waals surface area contributed by atoms with Gasteiger partial charge in [0.1, 0.15) is 5.69 Å². The second kappa shape index (κ2) is 3.71. The molecule has 14 heavy (non-hydrogen) atoms. The molecule has 0 aliphatic heterocycles. The zero-order valence-electron chi connectivity index (χ0n) is 7.03. The molecule has 0 aliphatic rings. The number of carbonyl (C=O) groups is 2. The standard InChI is InChI=1S/C7H8N4O3/c8-7(9)11-5(12)3-1-2-4(10-3)6(13)14/h1-2,10H,(H,13,14)(H4,8,9,11,12). The van der Waals surface area contributed by atoms with Gasteiger partial charge in [0.25, 0.3) is 5.96 Å². The van der Waals surface area contributed by atoms with Gasteiger partial charge in [-0.2, -0.15) is 0 Å². The van der Waals surface area contributed by atoms with Gasteiger partial charge in [0.15, 0.2) is 0 Å². The van der Waals surface area contributed by atoms with Gasteiger partial charge in [-0.3, -0.25) is 0 Å². The summed E-state index contributed by atoms with van der Waals surface area (Å²) in [4.78, 5) is 23.8. The van der Waals surface area contributed by atoms with Crippen LogP contribution in [0.1, 0.15) is 21.0 Å². The van der Waals surface area contributed by atoms with Crippen molar-refractivity contribution in [3.05, 3.63) is 23.5 Å². The van der Waals surface area contributed by atoms with Crippen LogP contribution >= 0.6 is 0 Å². The van der Waals surface area contributed by atoms with Crippen molar-refractivity contribution in [2.75, 3.05) is 0 Å². The van der Waals surface area contributed by atoms with Gasteiger partial charge in [0, 0.05) is 0 Å². The molecule has 0 spiro atoms. The number of aromatic carboxylic acids is 1. The summed E-state index contributed by atoms with van der Waals surface area (Å²) in [7, 11) is 0. The Balaban J connectivity index is 2.81. The lowest BCUT2D eigenvalue weighted by atomic mass is 10.4. The summed E-state index contributed by atoms with van der Waals surface area (Å²) in [5.41, 5.74) is 4.83. The van der Waals surface area contributed by atoms with Gasteiger partial charge in [0.05, 0.1) is 11.7 Å². The predicted octanol–water partition coefficient (Wildman–Crippen LogP) is -3.02. The summed E-state index contributed by atoms with van der Waals surface area (Å²) in [6.07, 6.45) is 0. The second-order valence-electron chi connectivity index (χ2n) is 2.54.